The van der Waals surface area contributed by atoms with Crippen LogP contribution in [0.4, 0.5) is 0 Å². The fourth-order valence-electron chi connectivity index (χ4n) is 1.75. The molecule has 3 N–H and O–H groups in total. The third-order valence-corrected chi connectivity index (χ3v) is 5.03. The normalized spacial score (nSPS) is 10.8. The van der Waals surface area contributed by atoms with Crippen LogP contribution in [-0.4, -0.2) is 31.7 Å². The summed E-state index contributed by atoms with van der Waals surface area (Å²) in [5.74, 6) is 8.22. The van der Waals surface area contributed by atoms with Crippen LogP contribution in [0.25, 0.3) is 0 Å². The zero-order valence-corrected chi connectivity index (χ0v) is 13.9. The maximum absolute atomic E-state index is 11.0. The zero-order valence-electron chi connectivity index (χ0n) is 12.2. The molecule has 0 unspecified atom stereocenters. The molecular formula is C14H18N4O2S2. The number of carbonyl (C=O) groups is 1. The molecule has 0 radical (unpaired) electrons. The highest BCUT2D eigenvalue weighted by Gasteiger charge is 2.11. The van der Waals surface area contributed by atoms with Gasteiger partial charge in [0.05, 0.1) is 11.3 Å². The lowest BCUT2D eigenvalue weighted by Gasteiger charge is -2.04. The van der Waals surface area contributed by atoms with Crippen molar-refractivity contribution in [3.05, 3.63) is 41.2 Å². The third kappa shape index (κ3) is 4.41. The number of aromatic nitrogens is 3. The van der Waals surface area contributed by atoms with Crippen LogP contribution in [0, 0.1) is 0 Å². The minimum Gasteiger partial charge on any atom is -0.478 e. The average molecular weight is 338 g/mol. The molecule has 0 aliphatic carbocycles. The van der Waals surface area contributed by atoms with Crippen LogP contribution in [0.5, 0.6) is 0 Å². The van der Waals surface area contributed by atoms with Crippen LogP contribution in [0.1, 0.15) is 35.1 Å². The molecule has 0 bridgehead atoms. The highest BCUT2D eigenvalue weighted by Crippen LogP contribution is 2.22. The van der Waals surface area contributed by atoms with E-state index < -0.39 is 5.97 Å². The molecule has 0 saturated heterocycles. The van der Waals surface area contributed by atoms with E-state index in [1.54, 1.807) is 30.0 Å². The van der Waals surface area contributed by atoms with Crippen molar-refractivity contribution in [1.82, 2.24) is 14.9 Å². The first kappa shape index (κ1) is 16.7. The van der Waals surface area contributed by atoms with E-state index in [-0.39, 0.29) is 5.56 Å². The van der Waals surface area contributed by atoms with Crippen molar-refractivity contribution in [3.63, 3.8) is 0 Å². The zero-order chi connectivity index (χ0) is 15.9. The Bertz CT molecular complexity index is 646. The van der Waals surface area contributed by atoms with Crippen LogP contribution < -0.4 is 5.84 Å². The molecule has 0 spiro atoms. The number of rotatable bonds is 8. The molecule has 1 aromatic carbocycles. The summed E-state index contributed by atoms with van der Waals surface area (Å²) in [6.07, 6.45) is 1.12. The Balaban J connectivity index is 1.97. The van der Waals surface area contributed by atoms with Crippen molar-refractivity contribution in [1.29, 1.82) is 0 Å². The Morgan fingerprint density at radius 2 is 2.18 bits per heavy atom. The Morgan fingerprint density at radius 1 is 1.36 bits per heavy atom. The van der Waals surface area contributed by atoms with Gasteiger partial charge in [-0.25, -0.2) is 9.47 Å². The van der Waals surface area contributed by atoms with Gasteiger partial charge in [0.25, 0.3) is 0 Å². The molecule has 0 saturated carbocycles. The van der Waals surface area contributed by atoms with E-state index in [9.17, 15) is 4.79 Å². The Kier molecular flexibility index (Phi) is 6.14. The summed E-state index contributed by atoms with van der Waals surface area (Å²) in [7, 11) is 0. The molecule has 8 heteroatoms. The second kappa shape index (κ2) is 8.09. The average Bonchev–Trinajstić information content (AvgIpc) is 2.86. The predicted octanol–water partition coefficient (Wildman–Crippen LogP) is 2.63. The maximum Gasteiger partial charge on any atom is 0.335 e. The number of hydrogen-bond acceptors (Lipinski definition) is 6. The molecule has 2 aromatic rings. The van der Waals surface area contributed by atoms with Gasteiger partial charge in [-0.05, 0) is 29.9 Å². The van der Waals surface area contributed by atoms with Crippen molar-refractivity contribution < 1.29 is 9.90 Å². The number of aromatic carboxylic acids is 1. The molecular weight excluding hydrogens is 320 g/mol. The molecule has 0 fully saturated rings. The summed E-state index contributed by atoms with van der Waals surface area (Å²) in [5, 5.41) is 17.8. The van der Waals surface area contributed by atoms with Crippen LogP contribution in [-0.2, 0) is 11.5 Å². The predicted molar refractivity (Wildman–Crippen MR) is 89.6 cm³/mol. The molecule has 22 heavy (non-hydrogen) atoms. The van der Waals surface area contributed by atoms with Crippen molar-refractivity contribution >= 4 is 29.5 Å². The summed E-state index contributed by atoms with van der Waals surface area (Å²) < 4.78 is 1.51. The number of benzene rings is 1. The summed E-state index contributed by atoms with van der Waals surface area (Å²) in [6.45, 7) is 2.13. The second-order valence-corrected chi connectivity index (χ2v) is 6.66. The van der Waals surface area contributed by atoms with Crippen molar-refractivity contribution in [3.8, 4) is 0 Å². The topological polar surface area (TPSA) is 94.0 Å². The molecule has 0 atom stereocenters. The van der Waals surface area contributed by atoms with E-state index in [4.69, 9.17) is 10.9 Å². The highest BCUT2D eigenvalue weighted by atomic mass is 32.2. The van der Waals surface area contributed by atoms with Gasteiger partial charge in [-0.1, -0.05) is 30.8 Å². The first-order valence-corrected chi connectivity index (χ1v) is 8.98. The fraction of sp³-hybridized carbons (Fsp3) is 0.357. The molecule has 0 aliphatic rings. The summed E-state index contributed by atoms with van der Waals surface area (Å²) in [6, 6.07) is 6.85. The fourth-order valence-corrected chi connectivity index (χ4v) is 3.38. The van der Waals surface area contributed by atoms with E-state index in [2.05, 4.69) is 17.1 Å². The van der Waals surface area contributed by atoms with Gasteiger partial charge >= 0.3 is 5.97 Å². The van der Waals surface area contributed by atoms with E-state index in [0.717, 1.165) is 29.3 Å². The maximum atomic E-state index is 11.0. The van der Waals surface area contributed by atoms with Gasteiger partial charge in [-0.15, -0.1) is 10.2 Å². The molecule has 1 aromatic heterocycles. The number of carboxylic acids is 1. The van der Waals surface area contributed by atoms with Gasteiger partial charge in [0.2, 0.25) is 5.16 Å². The number of carboxylic acid groups (broad SMARTS) is 1. The Morgan fingerprint density at radius 3 is 2.91 bits per heavy atom. The lowest BCUT2D eigenvalue weighted by molar-refractivity contribution is 0.0697. The summed E-state index contributed by atoms with van der Waals surface area (Å²) in [4.78, 5) is 11.0. The first-order valence-electron chi connectivity index (χ1n) is 6.84. The molecule has 6 nitrogen and oxygen atoms in total. The highest BCUT2D eigenvalue weighted by molar-refractivity contribution is 7.98. The Hall–Kier alpha value is -1.67. The number of nitrogens with zero attached hydrogens (tertiary/aromatic N) is 3. The van der Waals surface area contributed by atoms with Crippen molar-refractivity contribution in [2.75, 3.05) is 11.6 Å². The van der Waals surface area contributed by atoms with Gasteiger partial charge in [0, 0.05) is 5.75 Å². The minimum absolute atomic E-state index is 0.281. The largest absolute Gasteiger partial charge is 0.478 e. The Labute approximate surface area is 137 Å². The lowest BCUT2D eigenvalue weighted by atomic mass is 10.1. The van der Waals surface area contributed by atoms with Gasteiger partial charge < -0.3 is 10.9 Å². The quantitative estimate of drug-likeness (QED) is 0.434. The summed E-state index contributed by atoms with van der Waals surface area (Å²) in [5.41, 5.74) is 1.19. The van der Waals surface area contributed by atoms with E-state index >= 15 is 0 Å². The number of hydrogen-bond donors (Lipinski definition) is 2. The molecule has 0 amide bonds. The monoisotopic (exact) mass is 338 g/mol. The molecule has 0 aliphatic heterocycles. The van der Waals surface area contributed by atoms with Gasteiger partial charge in [-0.3, -0.25) is 0 Å². The van der Waals surface area contributed by atoms with Gasteiger partial charge in [-0.2, -0.15) is 11.8 Å². The number of thioether (sulfide) groups is 2. The SMILES string of the molecule is CCCSCc1nnc(SCc2cccc(C(=O)O)c2)n1N. The van der Waals surface area contributed by atoms with Crippen LogP contribution in [0.3, 0.4) is 0 Å². The van der Waals surface area contributed by atoms with E-state index in [1.165, 1.54) is 16.4 Å². The van der Waals surface area contributed by atoms with Gasteiger partial charge in [0.15, 0.2) is 5.82 Å². The van der Waals surface area contributed by atoms with E-state index in [1.807, 2.05) is 6.07 Å². The van der Waals surface area contributed by atoms with E-state index in [0.29, 0.717) is 10.9 Å². The minimum atomic E-state index is -0.927. The summed E-state index contributed by atoms with van der Waals surface area (Å²) >= 11 is 3.22. The molecule has 2 rings (SSSR count). The van der Waals surface area contributed by atoms with Crippen LogP contribution in [0.2, 0.25) is 0 Å². The first-order chi connectivity index (χ1) is 10.6. The van der Waals surface area contributed by atoms with Crippen molar-refractivity contribution in [2.45, 2.75) is 30.0 Å². The molecule has 118 valence electrons. The standard InChI is InChI=1S/C14H18N4O2S2/c1-2-6-21-9-12-16-17-14(18(12)15)22-8-10-4-3-5-11(7-10)13(19)20/h3-5,7H,2,6,8-9,15H2,1H3,(H,19,20). The third-order valence-electron chi connectivity index (χ3n) is 2.86. The van der Waals surface area contributed by atoms with Crippen molar-refractivity contribution in [2.24, 2.45) is 0 Å². The van der Waals surface area contributed by atoms with Gasteiger partial charge in [0.1, 0.15) is 0 Å². The van der Waals surface area contributed by atoms with Crippen LogP contribution in [0.15, 0.2) is 29.4 Å². The number of nitrogens with two attached hydrogens (primary N) is 1. The lowest BCUT2D eigenvalue weighted by Crippen LogP contribution is -2.13. The number of nitrogen functional groups attached to an aromatic ring is 1. The molecule has 1 heterocycles. The smallest absolute Gasteiger partial charge is 0.335 e. The van der Waals surface area contributed by atoms with Crippen LogP contribution >= 0.6 is 23.5 Å². The second-order valence-electron chi connectivity index (χ2n) is 4.62.